The first-order valence-corrected chi connectivity index (χ1v) is 11.0. The van der Waals surface area contributed by atoms with E-state index in [2.05, 4.69) is 0 Å². The molecule has 0 bridgehead atoms. The van der Waals surface area contributed by atoms with Gasteiger partial charge in [-0.2, -0.15) is 0 Å². The van der Waals surface area contributed by atoms with Gasteiger partial charge in [-0.1, -0.05) is 54.6 Å². The zero-order valence-electron chi connectivity index (χ0n) is 17.4. The van der Waals surface area contributed by atoms with Crippen LogP contribution in [0.2, 0.25) is 0 Å². The number of hydrogen-bond acceptors (Lipinski definition) is 4. The lowest BCUT2D eigenvalue weighted by molar-refractivity contribution is 0.293. The molecule has 0 saturated carbocycles. The third-order valence-electron chi connectivity index (χ3n) is 5.24. The van der Waals surface area contributed by atoms with E-state index in [4.69, 9.17) is 9.47 Å². The maximum Gasteiger partial charge on any atom is 0.139 e. The molecular weight excluding hydrogens is 394 g/mol. The highest BCUT2D eigenvalue weighted by Gasteiger charge is 2.35. The molecule has 4 nitrogen and oxygen atoms in total. The second kappa shape index (κ2) is 8.76. The number of nitrogens with zero attached hydrogens (tertiary/aromatic N) is 1. The molecule has 3 aromatic carbocycles. The van der Waals surface area contributed by atoms with E-state index < -0.39 is 10.8 Å². The van der Waals surface area contributed by atoms with Crippen molar-refractivity contribution in [2.75, 3.05) is 32.7 Å². The molecular formula is C25H25NO3S. The van der Waals surface area contributed by atoms with Crippen molar-refractivity contribution in [1.82, 2.24) is 0 Å². The molecule has 0 aliphatic carbocycles. The summed E-state index contributed by atoms with van der Waals surface area (Å²) in [4.78, 5) is 3.59. The molecule has 0 fully saturated rings. The molecule has 0 radical (unpaired) electrons. The van der Waals surface area contributed by atoms with Crippen LogP contribution in [0.1, 0.15) is 17.0 Å². The van der Waals surface area contributed by atoms with Crippen LogP contribution in [0.15, 0.2) is 88.7 Å². The van der Waals surface area contributed by atoms with Crippen LogP contribution in [-0.2, 0) is 15.5 Å². The summed E-state index contributed by atoms with van der Waals surface area (Å²) in [5.41, 5.74) is 2.95. The Kier molecular flexibility index (Phi) is 5.91. The smallest absolute Gasteiger partial charge is 0.139 e. The molecule has 0 amide bonds. The third-order valence-corrected chi connectivity index (χ3v) is 6.85. The van der Waals surface area contributed by atoms with E-state index in [1.807, 2.05) is 97.9 Å². The van der Waals surface area contributed by atoms with E-state index in [0.29, 0.717) is 12.4 Å². The normalized spacial score (nSPS) is 16.8. The zero-order chi connectivity index (χ0) is 21.1. The van der Waals surface area contributed by atoms with Crippen molar-refractivity contribution in [1.29, 1.82) is 0 Å². The molecule has 30 heavy (non-hydrogen) atoms. The maximum atomic E-state index is 14.0. The van der Waals surface area contributed by atoms with Gasteiger partial charge in [-0.05, 0) is 29.8 Å². The van der Waals surface area contributed by atoms with Gasteiger partial charge in [-0.15, -0.1) is 0 Å². The van der Waals surface area contributed by atoms with Gasteiger partial charge in [0, 0.05) is 19.7 Å². The van der Waals surface area contributed by atoms with Crippen molar-refractivity contribution in [3.05, 3.63) is 94.9 Å². The van der Waals surface area contributed by atoms with Crippen molar-refractivity contribution in [3.8, 4) is 5.75 Å². The van der Waals surface area contributed by atoms with Crippen molar-refractivity contribution in [3.63, 3.8) is 0 Å². The predicted molar refractivity (Wildman–Crippen MR) is 122 cm³/mol. The van der Waals surface area contributed by atoms with Gasteiger partial charge in [0.25, 0.3) is 0 Å². The van der Waals surface area contributed by atoms with Gasteiger partial charge in [0.05, 0.1) is 45.9 Å². The molecule has 5 heteroatoms. The largest absolute Gasteiger partial charge is 0.497 e. The minimum atomic E-state index is -1.38. The lowest BCUT2D eigenvalue weighted by atomic mass is 9.99. The number of hydrogen-bond donors (Lipinski definition) is 0. The quantitative estimate of drug-likeness (QED) is 0.560. The molecule has 1 heterocycles. The summed E-state index contributed by atoms with van der Waals surface area (Å²) in [7, 11) is 4.21. The summed E-state index contributed by atoms with van der Waals surface area (Å²) >= 11 is 0. The second-order valence-electron chi connectivity index (χ2n) is 7.33. The maximum absolute atomic E-state index is 14.0. The number of ether oxygens (including phenoxy) is 2. The van der Waals surface area contributed by atoms with Gasteiger partial charge in [0.1, 0.15) is 11.5 Å². The molecule has 154 valence electrons. The number of benzene rings is 3. The molecule has 0 N–H and O–H groups in total. The van der Waals surface area contributed by atoms with Crippen LogP contribution >= 0.6 is 0 Å². The van der Waals surface area contributed by atoms with Gasteiger partial charge in [0.2, 0.25) is 0 Å². The van der Waals surface area contributed by atoms with Crippen LogP contribution in [0.25, 0.3) is 5.76 Å². The van der Waals surface area contributed by atoms with Gasteiger partial charge in [0.15, 0.2) is 0 Å². The van der Waals surface area contributed by atoms with E-state index >= 15 is 0 Å². The Morgan fingerprint density at radius 2 is 1.60 bits per heavy atom. The topological polar surface area (TPSA) is 38.8 Å². The summed E-state index contributed by atoms with van der Waals surface area (Å²) in [6.45, 7) is 0.460. The zero-order valence-corrected chi connectivity index (χ0v) is 18.2. The van der Waals surface area contributed by atoms with Crippen LogP contribution < -0.4 is 9.64 Å². The Bertz CT molecular complexity index is 1080. The van der Waals surface area contributed by atoms with Crippen molar-refractivity contribution < 1.29 is 13.7 Å². The highest BCUT2D eigenvalue weighted by Crippen LogP contribution is 2.43. The van der Waals surface area contributed by atoms with Crippen LogP contribution in [0.3, 0.4) is 0 Å². The summed E-state index contributed by atoms with van der Waals surface area (Å²) in [6, 6.07) is 25.7. The predicted octanol–water partition coefficient (Wildman–Crippen LogP) is 5.05. The van der Waals surface area contributed by atoms with E-state index in [1.165, 1.54) is 0 Å². The van der Waals surface area contributed by atoms with Crippen LogP contribution in [0.4, 0.5) is 5.69 Å². The minimum absolute atomic E-state index is 0.0952. The summed E-state index contributed by atoms with van der Waals surface area (Å²) in [5.74, 6) is 1.41. The number of para-hydroxylation sites is 1. The van der Waals surface area contributed by atoms with Gasteiger partial charge in [-0.25, -0.2) is 4.21 Å². The lowest BCUT2D eigenvalue weighted by Gasteiger charge is -2.19. The van der Waals surface area contributed by atoms with E-state index in [-0.39, 0.29) is 5.92 Å². The molecule has 0 spiro atoms. The lowest BCUT2D eigenvalue weighted by Crippen LogP contribution is -2.14. The molecule has 2 atom stereocenters. The highest BCUT2D eigenvalue weighted by molar-refractivity contribution is 7.89. The molecule has 0 saturated heterocycles. The first-order valence-electron chi connectivity index (χ1n) is 9.84. The monoisotopic (exact) mass is 419 g/mol. The Morgan fingerprint density at radius 1 is 0.933 bits per heavy atom. The van der Waals surface area contributed by atoms with Crippen molar-refractivity contribution >= 4 is 22.2 Å². The van der Waals surface area contributed by atoms with Gasteiger partial charge < -0.3 is 14.4 Å². The number of rotatable bonds is 6. The molecule has 4 rings (SSSR count). The average molecular weight is 420 g/mol. The fourth-order valence-electron chi connectivity index (χ4n) is 3.69. The third kappa shape index (κ3) is 3.85. The van der Waals surface area contributed by atoms with Crippen LogP contribution in [0, 0.1) is 0 Å². The summed E-state index contributed by atoms with van der Waals surface area (Å²) in [5, 5.41) is 0. The first-order chi connectivity index (χ1) is 14.6. The Balaban J connectivity index is 1.85. The summed E-state index contributed by atoms with van der Waals surface area (Å²) in [6.07, 6.45) is 0. The molecule has 0 aromatic heterocycles. The highest BCUT2D eigenvalue weighted by atomic mass is 32.2. The van der Waals surface area contributed by atoms with Crippen molar-refractivity contribution in [2.24, 2.45) is 0 Å². The Morgan fingerprint density at radius 3 is 2.27 bits per heavy atom. The van der Waals surface area contributed by atoms with Gasteiger partial charge >= 0.3 is 0 Å². The van der Waals surface area contributed by atoms with Crippen LogP contribution in [0.5, 0.6) is 5.75 Å². The molecule has 1 aliphatic rings. The molecule has 1 unspecified atom stereocenters. The fourth-order valence-corrected chi connectivity index (χ4v) is 5.37. The SMILES string of the molecule is COc1ccc([C@@H]2COC(c3ccccc3)=C2S(=O)c2ccccc2N(C)C)cc1. The molecule has 3 aromatic rings. The summed E-state index contributed by atoms with van der Waals surface area (Å²) < 4.78 is 25.4. The van der Waals surface area contributed by atoms with E-state index in [1.54, 1.807) is 7.11 Å². The standard InChI is InChI=1S/C25H25NO3S/c1-26(2)22-11-7-8-12-23(22)30(27)25-21(18-13-15-20(28-3)16-14-18)17-29-24(25)19-9-5-4-6-10-19/h4-16,21H,17H2,1-3H3/t21-,30?/m0/s1. The minimum Gasteiger partial charge on any atom is -0.497 e. The second-order valence-corrected chi connectivity index (χ2v) is 8.74. The Labute approximate surface area is 180 Å². The molecule has 1 aliphatic heterocycles. The number of anilines is 1. The first kappa shape index (κ1) is 20.2. The number of methoxy groups -OCH3 is 1. The average Bonchev–Trinajstić information content (AvgIpc) is 3.24. The van der Waals surface area contributed by atoms with E-state index in [0.717, 1.165) is 32.4 Å². The van der Waals surface area contributed by atoms with Crippen molar-refractivity contribution in [2.45, 2.75) is 10.8 Å². The Hall–Kier alpha value is -3.05. The van der Waals surface area contributed by atoms with Gasteiger partial charge in [-0.3, -0.25) is 0 Å². The fraction of sp³-hybridized carbons (Fsp3) is 0.200. The van der Waals surface area contributed by atoms with Crippen LogP contribution in [-0.4, -0.2) is 32.0 Å². The van der Waals surface area contributed by atoms with E-state index in [9.17, 15) is 4.21 Å².